The van der Waals surface area contributed by atoms with Crippen LogP contribution in [0.5, 0.6) is 0 Å². The Morgan fingerprint density at radius 1 is 1.29 bits per heavy atom. The van der Waals surface area contributed by atoms with Crippen LogP contribution in [-0.4, -0.2) is 43.7 Å². The number of ether oxygens (including phenoxy) is 1. The predicted molar refractivity (Wildman–Crippen MR) is 53.4 cm³/mol. The summed E-state index contributed by atoms with van der Waals surface area (Å²) < 4.78 is 5.93. The first kappa shape index (κ1) is 16.6. The van der Waals surface area contributed by atoms with E-state index in [4.69, 9.17) is 4.74 Å². The number of hydrogen-bond donors (Lipinski definition) is 0. The van der Waals surface area contributed by atoms with Crippen molar-refractivity contribution < 1.29 is 38.0 Å². The molecule has 86 valence electrons. The minimum Gasteiger partial charge on any atom is -1.00 e. The third-order valence-corrected chi connectivity index (χ3v) is 2.67. The fourth-order valence-corrected chi connectivity index (χ4v) is 1.20. The Labute approximate surface area is 104 Å². The highest BCUT2D eigenvalue weighted by Gasteiger charge is 2.15. The Morgan fingerprint density at radius 2 is 1.79 bits per heavy atom. The van der Waals surface area contributed by atoms with Crippen LogP contribution in [-0.2, 0) is 9.53 Å². The van der Waals surface area contributed by atoms with Crippen molar-refractivity contribution in [2.24, 2.45) is 0 Å². The molecule has 4 heteroatoms. The molecule has 3 nitrogen and oxygen atoms in total. The Kier molecular flexibility index (Phi) is 10.0. The number of nitrogens with zero attached hydrogens (tertiary/aromatic N) is 1. The van der Waals surface area contributed by atoms with Gasteiger partial charge in [-0.1, -0.05) is 0 Å². The normalized spacial score (nSPS) is 10.6. The van der Waals surface area contributed by atoms with E-state index in [1.807, 2.05) is 0 Å². The Morgan fingerprint density at radius 3 is 2.14 bits per heavy atom. The summed E-state index contributed by atoms with van der Waals surface area (Å²) in [5.74, 6) is -0.179. The summed E-state index contributed by atoms with van der Waals surface area (Å²) in [4.78, 5) is 10.5. The van der Waals surface area contributed by atoms with E-state index in [1.54, 1.807) is 0 Å². The Hall–Kier alpha value is 0.160. The molecule has 14 heavy (non-hydrogen) atoms. The predicted octanol–water partition coefficient (Wildman–Crippen LogP) is -1.57. The zero-order valence-corrected chi connectivity index (χ0v) is 11.8. The first-order valence-electron chi connectivity index (χ1n) is 5.01. The van der Waals surface area contributed by atoms with Crippen LogP contribution < -0.4 is 24.0 Å². The molecule has 0 bridgehead atoms. The molecule has 0 aliphatic carbocycles. The Bertz CT molecular complexity index is 158. The maximum absolute atomic E-state index is 10.5. The number of carbonyl (C=O) groups excluding carboxylic acids is 1. The molecule has 0 aromatic rings. The molecular formula is C10H22INO2. The second kappa shape index (κ2) is 8.47. The third-order valence-electron chi connectivity index (χ3n) is 2.67. The Balaban J connectivity index is 0. The monoisotopic (exact) mass is 315 g/mol. The van der Waals surface area contributed by atoms with E-state index in [0.717, 1.165) is 30.5 Å². The summed E-state index contributed by atoms with van der Waals surface area (Å²) in [7, 11) is 2.23. The van der Waals surface area contributed by atoms with Crippen molar-refractivity contribution >= 4 is 5.97 Å². The van der Waals surface area contributed by atoms with Crippen molar-refractivity contribution in [2.75, 3.05) is 33.3 Å². The second-order valence-electron chi connectivity index (χ2n) is 3.67. The van der Waals surface area contributed by atoms with E-state index in [1.165, 1.54) is 6.92 Å². The van der Waals surface area contributed by atoms with Gasteiger partial charge < -0.3 is 33.2 Å². The maximum Gasteiger partial charge on any atom is 0.302 e. The van der Waals surface area contributed by atoms with Crippen LogP contribution in [0.4, 0.5) is 0 Å². The number of rotatable bonds is 6. The van der Waals surface area contributed by atoms with Gasteiger partial charge in [0, 0.05) is 13.3 Å². The zero-order chi connectivity index (χ0) is 10.3. The molecule has 0 atom stereocenters. The largest absolute Gasteiger partial charge is 1.00 e. The highest BCUT2D eigenvalue weighted by Crippen LogP contribution is 2.02. The van der Waals surface area contributed by atoms with Crippen LogP contribution in [0, 0.1) is 0 Å². The fourth-order valence-electron chi connectivity index (χ4n) is 1.20. The van der Waals surface area contributed by atoms with Crippen LogP contribution in [0.25, 0.3) is 0 Å². The average molecular weight is 315 g/mol. The first-order valence-corrected chi connectivity index (χ1v) is 5.01. The number of quaternary nitrogens is 1. The molecule has 0 heterocycles. The number of hydrogen-bond acceptors (Lipinski definition) is 2. The number of carbonyl (C=O) groups is 1. The van der Waals surface area contributed by atoms with Gasteiger partial charge in [-0.05, 0) is 13.8 Å². The highest BCUT2D eigenvalue weighted by molar-refractivity contribution is 5.65. The second-order valence-corrected chi connectivity index (χ2v) is 3.67. The molecule has 0 saturated heterocycles. The molecule has 0 aliphatic heterocycles. The zero-order valence-electron chi connectivity index (χ0n) is 9.68. The van der Waals surface area contributed by atoms with Gasteiger partial charge in [0.2, 0.25) is 0 Å². The quantitative estimate of drug-likeness (QED) is 0.256. The molecular weight excluding hydrogens is 293 g/mol. The van der Waals surface area contributed by atoms with Crippen molar-refractivity contribution in [3.8, 4) is 0 Å². The van der Waals surface area contributed by atoms with Crippen LogP contribution in [0.2, 0.25) is 0 Å². The molecule has 0 aromatic heterocycles. The molecule has 0 unspecified atom stereocenters. The molecule has 0 aliphatic rings. The van der Waals surface area contributed by atoms with Gasteiger partial charge in [-0.3, -0.25) is 4.79 Å². The lowest BCUT2D eigenvalue weighted by Gasteiger charge is -2.31. The third kappa shape index (κ3) is 7.55. The summed E-state index contributed by atoms with van der Waals surface area (Å²) in [6.07, 6.45) is 0.956. The van der Waals surface area contributed by atoms with E-state index >= 15 is 0 Å². The SMILES string of the molecule is CC[N+](C)(CC)CCCOC(C)=O.[I-]. The molecule has 0 aromatic carbocycles. The fraction of sp³-hybridized carbons (Fsp3) is 0.900. The first-order chi connectivity index (χ1) is 6.04. The van der Waals surface area contributed by atoms with Crippen molar-refractivity contribution in [3.05, 3.63) is 0 Å². The lowest BCUT2D eigenvalue weighted by Crippen LogP contribution is -3.00. The van der Waals surface area contributed by atoms with Crippen molar-refractivity contribution in [2.45, 2.75) is 27.2 Å². The summed E-state index contributed by atoms with van der Waals surface area (Å²) >= 11 is 0. The molecule has 0 amide bonds. The van der Waals surface area contributed by atoms with Gasteiger partial charge in [-0.2, -0.15) is 0 Å². The van der Waals surface area contributed by atoms with E-state index < -0.39 is 0 Å². The minimum atomic E-state index is -0.179. The molecule has 0 radical (unpaired) electrons. The van der Waals surface area contributed by atoms with Gasteiger partial charge >= 0.3 is 5.97 Å². The van der Waals surface area contributed by atoms with Crippen molar-refractivity contribution in [1.82, 2.24) is 0 Å². The molecule has 0 spiro atoms. The topological polar surface area (TPSA) is 26.3 Å². The van der Waals surface area contributed by atoms with E-state index in [0.29, 0.717) is 6.61 Å². The van der Waals surface area contributed by atoms with Gasteiger partial charge in [-0.25, -0.2) is 0 Å². The molecule has 0 fully saturated rings. The average Bonchev–Trinajstić information content (AvgIpc) is 2.12. The highest BCUT2D eigenvalue weighted by atomic mass is 127. The number of halogens is 1. The molecule has 0 rings (SSSR count). The lowest BCUT2D eigenvalue weighted by atomic mass is 10.3. The van der Waals surface area contributed by atoms with Crippen molar-refractivity contribution in [1.29, 1.82) is 0 Å². The van der Waals surface area contributed by atoms with Gasteiger partial charge in [0.15, 0.2) is 0 Å². The molecule has 0 N–H and O–H groups in total. The van der Waals surface area contributed by atoms with Gasteiger partial charge in [-0.15, -0.1) is 0 Å². The van der Waals surface area contributed by atoms with E-state index in [-0.39, 0.29) is 29.9 Å². The smallest absolute Gasteiger partial charge is 0.302 e. The van der Waals surface area contributed by atoms with Gasteiger partial charge in [0.1, 0.15) is 0 Å². The van der Waals surface area contributed by atoms with Crippen LogP contribution in [0.15, 0.2) is 0 Å². The summed E-state index contributed by atoms with van der Waals surface area (Å²) in [5, 5.41) is 0. The maximum atomic E-state index is 10.5. The van der Waals surface area contributed by atoms with Gasteiger partial charge in [0.25, 0.3) is 0 Å². The van der Waals surface area contributed by atoms with Crippen molar-refractivity contribution in [3.63, 3.8) is 0 Å². The summed E-state index contributed by atoms with van der Waals surface area (Å²) in [6, 6.07) is 0. The van der Waals surface area contributed by atoms with Crippen LogP contribution in [0.3, 0.4) is 0 Å². The van der Waals surface area contributed by atoms with Crippen LogP contribution in [0.1, 0.15) is 27.2 Å². The number of esters is 1. The summed E-state index contributed by atoms with van der Waals surface area (Å²) in [6.45, 7) is 9.74. The van der Waals surface area contributed by atoms with E-state index in [9.17, 15) is 4.79 Å². The van der Waals surface area contributed by atoms with Crippen LogP contribution >= 0.6 is 0 Å². The molecule has 0 saturated carbocycles. The standard InChI is InChI=1S/C10H22NO2.HI/c1-5-11(4,6-2)8-7-9-13-10(3)12;/h5-9H2,1-4H3;1H/q+1;/p-1. The minimum absolute atomic E-state index is 0. The van der Waals surface area contributed by atoms with E-state index in [2.05, 4.69) is 20.9 Å². The van der Waals surface area contributed by atoms with Gasteiger partial charge in [0.05, 0.1) is 33.3 Å². The lowest BCUT2D eigenvalue weighted by molar-refractivity contribution is -0.906. The summed E-state index contributed by atoms with van der Waals surface area (Å²) in [5.41, 5.74) is 0.